The molecule has 6 aromatic rings. The summed E-state index contributed by atoms with van der Waals surface area (Å²) >= 11 is 0. The summed E-state index contributed by atoms with van der Waals surface area (Å²) in [5.41, 5.74) is 1.19. The maximum absolute atomic E-state index is 13.6. The first-order valence-electron chi connectivity index (χ1n) is 17.5. The molecule has 8 rings (SSSR count). The quantitative estimate of drug-likeness (QED) is 0.0434. The van der Waals surface area contributed by atoms with Gasteiger partial charge < -0.3 is 5.32 Å². The summed E-state index contributed by atoms with van der Waals surface area (Å²) in [6.07, 6.45) is 5.28. The van der Waals surface area contributed by atoms with Gasteiger partial charge in [-0.1, -0.05) is 12.1 Å². The standard InChI is InChI=1S/C37H27N7O8.CH4O3S/c45-34-26-16-20(43(49)50)14-24-22-6-3-10-39-30(22)18-28(32(24)26)36(47)41(34)12-2-1-8-38-9-5-13-42-35(46)27-17-21(44(51)52)15-25-23-7-4-11-40-31(23)19-29(33(25)27)37(42)48;1-5(2,3)4/h3-4,6-7,10-11,14-19,38H,1-2,5,8-9,12-13H2;1H3,(H,2,3,4). The molecule has 19 heteroatoms. The number of aromatic nitrogens is 2. The average molecular weight is 794 g/mol. The number of imide groups is 2. The Morgan fingerprint density at radius 3 is 1.44 bits per heavy atom. The van der Waals surface area contributed by atoms with Gasteiger partial charge in [-0.05, 0) is 67.4 Å². The molecule has 2 N–H and O–H groups in total. The fourth-order valence-electron chi connectivity index (χ4n) is 7.26. The molecule has 0 aliphatic carbocycles. The lowest BCUT2D eigenvalue weighted by atomic mass is 9.90. The van der Waals surface area contributed by atoms with Gasteiger partial charge in [0.1, 0.15) is 0 Å². The highest BCUT2D eigenvalue weighted by Crippen LogP contribution is 2.39. The molecule has 4 heterocycles. The molecule has 0 bridgehead atoms. The molecule has 18 nitrogen and oxygen atoms in total. The van der Waals surface area contributed by atoms with Crippen molar-refractivity contribution in [2.75, 3.05) is 32.4 Å². The fraction of sp³-hybridized carbons (Fsp3) is 0.211. The molecule has 290 valence electrons. The molecule has 4 aromatic carbocycles. The fourth-order valence-corrected chi connectivity index (χ4v) is 7.26. The molecule has 0 saturated carbocycles. The van der Waals surface area contributed by atoms with Crippen molar-refractivity contribution in [2.24, 2.45) is 0 Å². The predicted octanol–water partition coefficient (Wildman–Crippen LogP) is 5.06. The highest BCUT2D eigenvalue weighted by Gasteiger charge is 2.36. The number of pyridine rings is 2. The van der Waals surface area contributed by atoms with Crippen LogP contribution in [0.3, 0.4) is 0 Å². The number of unbranched alkanes of at least 4 members (excludes halogenated alkanes) is 1. The number of nitrogens with zero attached hydrogens (tertiary/aromatic N) is 6. The van der Waals surface area contributed by atoms with E-state index in [0.29, 0.717) is 82.0 Å². The van der Waals surface area contributed by atoms with Gasteiger partial charge in [0.25, 0.3) is 45.1 Å². The smallest absolute Gasteiger partial charge is 0.270 e. The van der Waals surface area contributed by atoms with Gasteiger partial charge in [-0.25, -0.2) is 0 Å². The Morgan fingerprint density at radius 2 is 1.02 bits per heavy atom. The number of carbonyl (C=O) groups is 4. The normalized spacial score (nSPS) is 13.8. The van der Waals surface area contributed by atoms with Crippen molar-refractivity contribution in [3.63, 3.8) is 0 Å². The van der Waals surface area contributed by atoms with E-state index in [1.54, 1.807) is 48.8 Å². The van der Waals surface area contributed by atoms with Crippen molar-refractivity contribution in [2.45, 2.75) is 19.3 Å². The molecule has 0 unspecified atom stereocenters. The summed E-state index contributed by atoms with van der Waals surface area (Å²) in [4.78, 5) is 87.4. The SMILES string of the molecule is CS(=O)(=O)O.O=C1c2cc([N+](=O)[O-])cc3c2c(cc2ncccc23)C(=O)N1CCCCNCCCN1C(=O)c2cc([N+](=O)[O-])cc3c2c(cc2ncccc23)C1=O. The van der Waals surface area contributed by atoms with E-state index in [9.17, 15) is 47.8 Å². The van der Waals surface area contributed by atoms with Crippen LogP contribution in [0.2, 0.25) is 0 Å². The van der Waals surface area contributed by atoms with Gasteiger partial charge in [0.05, 0.1) is 49.4 Å². The van der Waals surface area contributed by atoms with Crippen molar-refractivity contribution in [1.82, 2.24) is 25.1 Å². The van der Waals surface area contributed by atoms with E-state index >= 15 is 0 Å². The summed E-state index contributed by atoms with van der Waals surface area (Å²) in [5.74, 6) is -2.17. The number of hydrogen-bond donors (Lipinski definition) is 2. The number of fused-ring (bicyclic) bond motifs is 4. The van der Waals surface area contributed by atoms with E-state index in [-0.39, 0.29) is 46.7 Å². The Labute approximate surface area is 322 Å². The summed E-state index contributed by atoms with van der Waals surface area (Å²) in [6.45, 7) is 1.12. The number of nitro benzene ring substituents is 2. The number of rotatable bonds is 11. The van der Waals surface area contributed by atoms with Crippen LogP contribution in [0.5, 0.6) is 0 Å². The maximum atomic E-state index is 13.6. The molecule has 0 saturated heterocycles. The minimum atomic E-state index is -3.67. The molecule has 57 heavy (non-hydrogen) atoms. The third-order valence-corrected chi connectivity index (χ3v) is 9.65. The number of nitrogens with one attached hydrogen (secondary N) is 1. The zero-order valence-electron chi connectivity index (χ0n) is 30.0. The van der Waals surface area contributed by atoms with Crippen LogP contribution in [0, 0.1) is 20.2 Å². The molecule has 2 aliphatic rings. The molecule has 0 spiro atoms. The van der Waals surface area contributed by atoms with Crippen LogP contribution in [-0.2, 0) is 10.1 Å². The second kappa shape index (κ2) is 15.0. The number of hydrogen-bond acceptors (Lipinski definition) is 13. The Balaban J connectivity index is 0.000000935. The second-order valence-electron chi connectivity index (χ2n) is 13.4. The number of nitro groups is 2. The first kappa shape index (κ1) is 38.4. The topological polar surface area (TPSA) is 253 Å². The molecule has 0 fully saturated rings. The van der Waals surface area contributed by atoms with E-state index in [4.69, 9.17) is 4.55 Å². The van der Waals surface area contributed by atoms with Crippen molar-refractivity contribution < 1.29 is 42.0 Å². The second-order valence-corrected chi connectivity index (χ2v) is 14.9. The molecule has 4 amide bonds. The highest BCUT2D eigenvalue weighted by molar-refractivity contribution is 7.85. The van der Waals surface area contributed by atoms with E-state index < -0.39 is 43.6 Å². The lowest BCUT2D eigenvalue weighted by molar-refractivity contribution is -0.384. The van der Waals surface area contributed by atoms with Crippen LogP contribution in [-0.4, -0.2) is 98.6 Å². The van der Waals surface area contributed by atoms with Gasteiger partial charge in [-0.15, -0.1) is 0 Å². The molecule has 0 radical (unpaired) electrons. The van der Waals surface area contributed by atoms with Crippen LogP contribution in [0.25, 0.3) is 43.4 Å². The number of amides is 4. The average Bonchev–Trinajstić information content (AvgIpc) is 3.17. The van der Waals surface area contributed by atoms with Gasteiger partial charge in [0.2, 0.25) is 0 Å². The van der Waals surface area contributed by atoms with Crippen molar-refractivity contribution in [3.8, 4) is 0 Å². The summed E-state index contributed by atoms with van der Waals surface area (Å²) < 4.78 is 25.9. The van der Waals surface area contributed by atoms with Crippen LogP contribution in [0.15, 0.2) is 73.1 Å². The largest absolute Gasteiger partial charge is 0.317 e. The summed E-state index contributed by atoms with van der Waals surface area (Å²) in [5, 5.41) is 29.6. The number of carbonyl (C=O) groups excluding carboxylic acids is 4. The van der Waals surface area contributed by atoms with Gasteiger partial charge in [0.15, 0.2) is 0 Å². The number of benzene rings is 4. The number of non-ortho nitro benzene ring substituents is 2. The van der Waals surface area contributed by atoms with Crippen molar-refractivity contribution in [3.05, 3.63) is 116 Å². The van der Waals surface area contributed by atoms with Gasteiger partial charge in [-0.2, -0.15) is 8.42 Å². The first-order valence-corrected chi connectivity index (χ1v) is 19.3. The van der Waals surface area contributed by atoms with Gasteiger partial charge >= 0.3 is 0 Å². The van der Waals surface area contributed by atoms with Gasteiger partial charge in [0, 0.05) is 71.3 Å². The zero-order chi connectivity index (χ0) is 40.8. The van der Waals surface area contributed by atoms with Crippen LogP contribution >= 0.6 is 0 Å². The predicted molar refractivity (Wildman–Crippen MR) is 207 cm³/mol. The lowest BCUT2D eigenvalue weighted by Gasteiger charge is -2.28. The van der Waals surface area contributed by atoms with E-state index in [0.717, 1.165) is 9.80 Å². The molecule has 2 aromatic heterocycles. The maximum Gasteiger partial charge on any atom is 0.270 e. The Kier molecular flexibility index (Phi) is 10.1. The minimum absolute atomic E-state index is 0.0754. The third-order valence-electron chi connectivity index (χ3n) is 9.65. The molecular formula is C38H31N7O11S. The van der Waals surface area contributed by atoms with E-state index in [1.165, 1.54) is 24.3 Å². The van der Waals surface area contributed by atoms with Gasteiger partial charge in [-0.3, -0.25) is 63.7 Å². The summed E-state index contributed by atoms with van der Waals surface area (Å²) in [7, 11) is -3.67. The lowest BCUT2D eigenvalue weighted by Crippen LogP contribution is -2.42. The Hall–Kier alpha value is -6.83. The zero-order valence-corrected chi connectivity index (χ0v) is 30.8. The molecule has 0 atom stereocenters. The molecule has 2 aliphatic heterocycles. The van der Waals surface area contributed by atoms with Crippen LogP contribution < -0.4 is 5.32 Å². The van der Waals surface area contributed by atoms with E-state index in [2.05, 4.69) is 15.3 Å². The van der Waals surface area contributed by atoms with Crippen LogP contribution in [0.4, 0.5) is 11.4 Å². The first-order chi connectivity index (χ1) is 27.1. The van der Waals surface area contributed by atoms with E-state index in [1.807, 2.05) is 0 Å². The Bertz CT molecular complexity index is 2680. The monoisotopic (exact) mass is 793 g/mol. The molecular weight excluding hydrogens is 763 g/mol. The van der Waals surface area contributed by atoms with Crippen molar-refractivity contribution >= 4 is 88.5 Å². The third kappa shape index (κ3) is 7.33. The van der Waals surface area contributed by atoms with Crippen molar-refractivity contribution in [1.29, 1.82) is 0 Å². The van der Waals surface area contributed by atoms with Crippen LogP contribution in [0.1, 0.15) is 60.7 Å². The minimum Gasteiger partial charge on any atom is -0.317 e. The Morgan fingerprint density at radius 1 is 0.632 bits per heavy atom. The highest BCUT2D eigenvalue weighted by atomic mass is 32.2. The summed E-state index contributed by atoms with van der Waals surface area (Å²) in [6, 6.07) is 15.3.